The monoisotopic (exact) mass is 605 g/mol. The Kier molecular flexibility index (Phi) is 14.8. The molecule has 0 radical (unpaired) electrons. The summed E-state index contributed by atoms with van der Waals surface area (Å²) in [5.74, 6) is 0.194. The number of rotatable bonds is 16. The Morgan fingerprint density at radius 2 is 1.54 bits per heavy atom. The lowest BCUT2D eigenvalue weighted by Gasteiger charge is -2.47. The topological polar surface area (TPSA) is 211 Å². The van der Waals surface area contributed by atoms with E-state index in [-0.39, 0.29) is 6.61 Å². The van der Waals surface area contributed by atoms with E-state index in [2.05, 4.69) is 22.1 Å². The van der Waals surface area contributed by atoms with Crippen LogP contribution in [-0.4, -0.2) is 120 Å². The molecule has 14 nitrogen and oxygen atoms in total. The summed E-state index contributed by atoms with van der Waals surface area (Å²) in [7, 11) is -5.12. The zero-order chi connectivity index (χ0) is 29.2. The summed E-state index contributed by atoms with van der Waals surface area (Å²) in [6.07, 6.45) is -5.91. The van der Waals surface area contributed by atoms with Gasteiger partial charge in [0, 0.05) is 13.5 Å². The highest BCUT2D eigenvalue weighted by Crippen LogP contribution is 2.31. The average molecular weight is 606 g/mol. The Labute approximate surface area is 234 Å². The Balaban J connectivity index is 2.07. The third-order valence-electron chi connectivity index (χ3n) is 6.61. The van der Waals surface area contributed by atoms with Gasteiger partial charge in [-0.15, -0.1) is 0 Å². The molecule has 2 fully saturated rings. The lowest BCUT2D eigenvalue weighted by Crippen LogP contribution is -2.68. The normalized spacial score (nSPS) is 35.6. The zero-order valence-corrected chi connectivity index (χ0v) is 23.9. The molecule has 16 heteroatoms. The van der Waals surface area contributed by atoms with Crippen LogP contribution in [0.1, 0.15) is 58.8 Å². The number of aliphatic hydroxyl groups excluding tert-OH is 4. The first kappa shape index (κ1) is 34.6. The van der Waals surface area contributed by atoms with Crippen molar-refractivity contribution in [1.29, 1.82) is 0 Å². The van der Waals surface area contributed by atoms with Crippen molar-refractivity contribution in [3.8, 4) is 0 Å². The number of aliphatic hydroxyl groups is 4. The van der Waals surface area contributed by atoms with E-state index < -0.39 is 84.3 Å². The molecule has 0 aromatic rings. The van der Waals surface area contributed by atoms with Gasteiger partial charge < -0.3 is 44.7 Å². The molecule has 0 aliphatic carbocycles. The van der Waals surface area contributed by atoms with Gasteiger partial charge >= 0.3 is 10.4 Å². The summed E-state index contributed by atoms with van der Waals surface area (Å²) >= 11 is 4.20. The van der Waals surface area contributed by atoms with Crippen LogP contribution in [-0.2, 0) is 38.3 Å². The zero-order valence-electron chi connectivity index (χ0n) is 22.2. The third-order valence-corrected chi connectivity index (χ3v) is 7.40. The van der Waals surface area contributed by atoms with Crippen LogP contribution in [0.4, 0.5) is 0 Å². The molecule has 2 heterocycles. The molecule has 2 saturated heterocycles. The predicted octanol–water partition coefficient (Wildman–Crippen LogP) is -0.714. The summed E-state index contributed by atoms with van der Waals surface area (Å²) < 4.78 is 59.3. The van der Waals surface area contributed by atoms with Gasteiger partial charge in [0.2, 0.25) is 5.91 Å². The average Bonchev–Trinajstić information content (AvgIpc) is 2.86. The summed E-state index contributed by atoms with van der Waals surface area (Å²) in [4.78, 5) is 11.8. The molecule has 0 spiro atoms. The first-order chi connectivity index (χ1) is 18.4. The summed E-state index contributed by atoms with van der Waals surface area (Å²) in [5, 5.41) is 44.0. The molecule has 10 atom stereocenters. The maximum absolute atomic E-state index is 11.8. The number of ether oxygens (including phenoxy) is 4. The first-order valence-corrected chi connectivity index (χ1v) is 15.2. The highest BCUT2D eigenvalue weighted by Gasteiger charge is 2.52. The van der Waals surface area contributed by atoms with Crippen LogP contribution in [0.15, 0.2) is 0 Å². The summed E-state index contributed by atoms with van der Waals surface area (Å²) in [5.41, 5.74) is 0. The van der Waals surface area contributed by atoms with E-state index >= 15 is 0 Å². The number of carbonyl (C=O) groups excluding carboxylic acids is 1. The van der Waals surface area contributed by atoms with Crippen LogP contribution in [0.3, 0.4) is 0 Å². The van der Waals surface area contributed by atoms with E-state index in [9.17, 15) is 38.2 Å². The highest BCUT2D eigenvalue weighted by molar-refractivity contribution is 7.81. The fraction of sp³-hybridized carbons (Fsp3) is 0.957. The van der Waals surface area contributed by atoms with Crippen LogP contribution in [0.25, 0.3) is 0 Å². The van der Waals surface area contributed by atoms with Gasteiger partial charge in [-0.1, -0.05) is 32.1 Å². The summed E-state index contributed by atoms with van der Waals surface area (Å²) in [6.45, 7) is 2.10. The van der Waals surface area contributed by atoms with Crippen LogP contribution < -0.4 is 5.32 Å². The summed E-state index contributed by atoms with van der Waals surface area (Å²) in [6, 6.07) is -1.54. The molecule has 0 unspecified atom stereocenters. The second kappa shape index (κ2) is 16.7. The molecule has 1 amide bonds. The molecule has 2 aliphatic heterocycles. The molecular weight excluding hydrogens is 562 g/mol. The first-order valence-electron chi connectivity index (χ1n) is 13.2. The highest BCUT2D eigenvalue weighted by atomic mass is 32.3. The van der Waals surface area contributed by atoms with Crippen LogP contribution in [0.5, 0.6) is 0 Å². The predicted molar refractivity (Wildman–Crippen MR) is 139 cm³/mol. The van der Waals surface area contributed by atoms with Gasteiger partial charge in [0.1, 0.15) is 42.7 Å². The van der Waals surface area contributed by atoms with Crippen molar-refractivity contribution in [2.45, 2.75) is 120 Å². The molecule has 0 saturated carbocycles. The van der Waals surface area contributed by atoms with Gasteiger partial charge in [0.15, 0.2) is 12.6 Å². The minimum atomic E-state index is -5.12. The van der Waals surface area contributed by atoms with Gasteiger partial charge in [-0.25, -0.2) is 4.18 Å². The van der Waals surface area contributed by atoms with E-state index in [1.165, 1.54) is 6.92 Å². The third kappa shape index (κ3) is 10.9. The van der Waals surface area contributed by atoms with E-state index in [1.54, 1.807) is 0 Å². The van der Waals surface area contributed by atoms with E-state index in [0.29, 0.717) is 0 Å². The van der Waals surface area contributed by atoms with E-state index in [0.717, 1.165) is 57.6 Å². The maximum Gasteiger partial charge on any atom is 0.397 e. The number of thiol groups is 1. The van der Waals surface area contributed by atoms with Crippen LogP contribution in [0.2, 0.25) is 0 Å². The Morgan fingerprint density at radius 1 is 0.923 bits per heavy atom. The largest absolute Gasteiger partial charge is 0.397 e. The minimum absolute atomic E-state index is 0.283. The number of hydrogen-bond acceptors (Lipinski definition) is 13. The Hall–Kier alpha value is -0.630. The van der Waals surface area contributed by atoms with Crippen molar-refractivity contribution in [1.82, 2.24) is 5.32 Å². The van der Waals surface area contributed by atoms with E-state index in [1.807, 2.05) is 0 Å². The van der Waals surface area contributed by atoms with Crippen LogP contribution >= 0.6 is 12.6 Å². The number of nitrogens with one attached hydrogen (secondary N) is 1. The Bertz CT molecular complexity index is 835. The smallest absolute Gasteiger partial charge is 0.394 e. The number of carbonyl (C=O) groups is 1. The fourth-order valence-corrected chi connectivity index (χ4v) is 5.31. The van der Waals surface area contributed by atoms with Gasteiger partial charge in [-0.3, -0.25) is 9.35 Å². The Morgan fingerprint density at radius 3 is 2.10 bits per heavy atom. The molecule has 2 aliphatic rings. The lowest BCUT2D eigenvalue weighted by atomic mass is 9.95. The fourth-order valence-electron chi connectivity index (χ4n) is 4.57. The quantitative estimate of drug-likeness (QED) is 0.0659. The van der Waals surface area contributed by atoms with Gasteiger partial charge in [-0.2, -0.15) is 21.0 Å². The van der Waals surface area contributed by atoms with Crippen molar-refractivity contribution in [3.05, 3.63) is 0 Å². The molecule has 230 valence electrons. The number of unbranched alkanes of at least 4 members (excludes halogenated alkanes) is 6. The van der Waals surface area contributed by atoms with Gasteiger partial charge in [0.05, 0.1) is 12.7 Å². The second-order valence-corrected chi connectivity index (χ2v) is 11.3. The lowest BCUT2D eigenvalue weighted by molar-refractivity contribution is -0.342. The minimum Gasteiger partial charge on any atom is -0.394 e. The number of amides is 1. The molecule has 0 bridgehead atoms. The SMILES string of the molecule is CC(=O)N[C@H]1[C@H](O[C@H]2[C@H](O)[C@@H](OCCCCCCCCCS)O[C@@H](C)[C@H]2O)O[C@H](CO)[C@@H](O)[C@@H]1OS(=O)(=O)O. The van der Waals surface area contributed by atoms with Crippen molar-refractivity contribution in [2.75, 3.05) is 19.0 Å². The molecular formula is C23H43NO13S2. The van der Waals surface area contributed by atoms with E-state index in [4.69, 9.17) is 18.9 Å². The van der Waals surface area contributed by atoms with Crippen molar-refractivity contribution < 1.29 is 61.3 Å². The molecule has 39 heavy (non-hydrogen) atoms. The maximum atomic E-state index is 11.8. The standard InChI is InChI=1S/C23H43NO13S2/c1-13-17(27)21(19(29)23(34-13)33-10-8-6-4-3-5-7-9-11-38)36-22-16(24-14(2)26)20(37-39(30,31)32)18(28)15(12-25)35-22/h13,15-23,25,27-29,38H,3-12H2,1-2H3,(H,24,26)(H,30,31,32)/t13-,15+,16+,17+,18+,19-,20+,21+,22-,23-/m0/s1. The van der Waals surface area contributed by atoms with Crippen molar-refractivity contribution in [2.24, 2.45) is 0 Å². The van der Waals surface area contributed by atoms with Gasteiger partial charge in [-0.05, 0) is 25.5 Å². The number of hydrogen-bond donors (Lipinski definition) is 7. The second-order valence-electron chi connectivity index (χ2n) is 9.79. The van der Waals surface area contributed by atoms with Crippen molar-refractivity contribution >= 4 is 28.9 Å². The molecule has 2 rings (SSSR count). The molecule has 6 N–H and O–H groups in total. The molecule has 0 aromatic carbocycles. The van der Waals surface area contributed by atoms with Gasteiger partial charge in [0.25, 0.3) is 0 Å². The van der Waals surface area contributed by atoms with Crippen molar-refractivity contribution in [3.63, 3.8) is 0 Å². The molecule has 0 aromatic heterocycles. The van der Waals surface area contributed by atoms with Crippen LogP contribution in [0, 0.1) is 0 Å².